The van der Waals surface area contributed by atoms with Gasteiger partial charge in [-0.2, -0.15) is 16.9 Å². The fraction of sp³-hybridized carbons (Fsp3) is 0.727. The molecule has 1 atom stereocenters. The Balaban J connectivity index is 2.16. The minimum atomic E-state index is 0.582. The lowest BCUT2D eigenvalue weighted by molar-refractivity contribution is 0.519. The Hall–Kier alpha value is -0.480. The summed E-state index contributed by atoms with van der Waals surface area (Å²) < 4.78 is 1.92. The molecule has 86 valence electrons. The van der Waals surface area contributed by atoms with Crippen LogP contribution in [-0.2, 0) is 13.6 Å². The number of nitrogens with zero attached hydrogens (tertiary/aromatic N) is 2. The van der Waals surface area contributed by atoms with Gasteiger partial charge < -0.3 is 5.32 Å². The third-order valence-corrected chi connectivity index (χ3v) is 3.39. The molecule has 3 nitrogen and oxygen atoms in total. The van der Waals surface area contributed by atoms with E-state index in [9.17, 15) is 0 Å². The summed E-state index contributed by atoms with van der Waals surface area (Å²) in [7, 11) is 1.98. The van der Waals surface area contributed by atoms with Gasteiger partial charge in [0, 0.05) is 25.8 Å². The van der Waals surface area contributed by atoms with E-state index in [0.717, 1.165) is 6.54 Å². The zero-order valence-corrected chi connectivity index (χ0v) is 10.7. The van der Waals surface area contributed by atoms with Crippen molar-refractivity contribution in [3.05, 3.63) is 18.0 Å². The molecule has 0 aliphatic heterocycles. The van der Waals surface area contributed by atoms with Gasteiger partial charge in [0.05, 0.1) is 5.69 Å². The first-order valence-electron chi connectivity index (χ1n) is 5.52. The highest BCUT2D eigenvalue weighted by Crippen LogP contribution is 2.04. The first-order valence-corrected chi connectivity index (χ1v) is 6.67. The van der Waals surface area contributed by atoms with Crippen LogP contribution in [0.5, 0.6) is 0 Å². The SMILES string of the molecule is CCSCCC(C)NCc1ccnn1C. The van der Waals surface area contributed by atoms with Gasteiger partial charge in [-0.3, -0.25) is 4.68 Å². The molecule has 0 saturated carbocycles. The van der Waals surface area contributed by atoms with E-state index in [0.29, 0.717) is 6.04 Å². The minimum Gasteiger partial charge on any atom is -0.309 e. The van der Waals surface area contributed by atoms with E-state index in [1.165, 1.54) is 23.6 Å². The molecule has 1 N–H and O–H groups in total. The molecule has 0 spiro atoms. The van der Waals surface area contributed by atoms with Crippen LogP contribution in [0.1, 0.15) is 26.0 Å². The smallest absolute Gasteiger partial charge is 0.0518 e. The monoisotopic (exact) mass is 227 g/mol. The zero-order chi connectivity index (χ0) is 11.1. The van der Waals surface area contributed by atoms with Crippen LogP contribution in [0.25, 0.3) is 0 Å². The summed E-state index contributed by atoms with van der Waals surface area (Å²) in [6.45, 7) is 5.36. The van der Waals surface area contributed by atoms with Gasteiger partial charge >= 0.3 is 0 Å². The lowest BCUT2D eigenvalue weighted by atomic mass is 10.2. The number of thioether (sulfide) groups is 1. The van der Waals surface area contributed by atoms with E-state index in [1.807, 2.05) is 29.7 Å². The molecule has 0 fully saturated rings. The van der Waals surface area contributed by atoms with Crippen LogP contribution in [0, 0.1) is 0 Å². The van der Waals surface area contributed by atoms with Crippen LogP contribution in [0.4, 0.5) is 0 Å². The molecular weight excluding hydrogens is 206 g/mol. The molecule has 1 aromatic rings. The van der Waals surface area contributed by atoms with E-state index < -0.39 is 0 Å². The van der Waals surface area contributed by atoms with Crippen LogP contribution in [0.2, 0.25) is 0 Å². The molecule has 0 amide bonds. The highest BCUT2D eigenvalue weighted by atomic mass is 32.2. The van der Waals surface area contributed by atoms with E-state index in [1.54, 1.807) is 0 Å². The first kappa shape index (κ1) is 12.6. The van der Waals surface area contributed by atoms with Crippen molar-refractivity contribution in [3.63, 3.8) is 0 Å². The van der Waals surface area contributed by atoms with Crippen LogP contribution < -0.4 is 5.32 Å². The fourth-order valence-electron chi connectivity index (χ4n) is 1.36. The largest absolute Gasteiger partial charge is 0.309 e. The second kappa shape index (κ2) is 6.90. The van der Waals surface area contributed by atoms with Gasteiger partial charge in [-0.1, -0.05) is 6.92 Å². The Kier molecular flexibility index (Phi) is 5.79. The van der Waals surface area contributed by atoms with Crippen molar-refractivity contribution < 1.29 is 0 Å². The Labute approximate surface area is 96.6 Å². The van der Waals surface area contributed by atoms with Gasteiger partial charge in [0.2, 0.25) is 0 Å². The quantitative estimate of drug-likeness (QED) is 0.723. The summed E-state index contributed by atoms with van der Waals surface area (Å²) in [5, 5.41) is 7.65. The molecule has 0 aliphatic carbocycles. The Morgan fingerprint density at radius 3 is 3.00 bits per heavy atom. The minimum absolute atomic E-state index is 0.582. The van der Waals surface area contributed by atoms with Crippen LogP contribution in [-0.4, -0.2) is 27.3 Å². The number of nitrogens with one attached hydrogen (secondary N) is 1. The van der Waals surface area contributed by atoms with E-state index >= 15 is 0 Å². The summed E-state index contributed by atoms with van der Waals surface area (Å²) in [5.74, 6) is 2.46. The average Bonchev–Trinajstić information content (AvgIpc) is 2.61. The highest BCUT2D eigenvalue weighted by molar-refractivity contribution is 7.99. The van der Waals surface area contributed by atoms with Gasteiger partial charge in [0.25, 0.3) is 0 Å². The van der Waals surface area contributed by atoms with Crippen molar-refractivity contribution in [2.24, 2.45) is 7.05 Å². The molecule has 1 aromatic heterocycles. The number of hydrogen-bond acceptors (Lipinski definition) is 3. The lowest BCUT2D eigenvalue weighted by Gasteiger charge is -2.13. The lowest BCUT2D eigenvalue weighted by Crippen LogP contribution is -2.27. The molecule has 0 radical (unpaired) electrons. The summed E-state index contributed by atoms with van der Waals surface area (Å²) >= 11 is 2.01. The first-order chi connectivity index (χ1) is 7.24. The summed E-state index contributed by atoms with van der Waals surface area (Å²) in [5.41, 5.74) is 1.24. The molecule has 0 bridgehead atoms. The van der Waals surface area contributed by atoms with E-state index in [-0.39, 0.29) is 0 Å². The fourth-order valence-corrected chi connectivity index (χ4v) is 2.17. The molecule has 1 heterocycles. The third kappa shape index (κ3) is 4.71. The van der Waals surface area contributed by atoms with Crippen molar-refractivity contribution in [1.29, 1.82) is 0 Å². The highest BCUT2D eigenvalue weighted by Gasteiger charge is 2.03. The molecule has 0 aromatic carbocycles. The van der Waals surface area contributed by atoms with E-state index in [4.69, 9.17) is 0 Å². The van der Waals surface area contributed by atoms with Crippen LogP contribution in [0.15, 0.2) is 12.3 Å². The van der Waals surface area contributed by atoms with Gasteiger partial charge in [0.15, 0.2) is 0 Å². The summed E-state index contributed by atoms with van der Waals surface area (Å²) in [6.07, 6.45) is 3.07. The number of aryl methyl sites for hydroxylation is 1. The van der Waals surface area contributed by atoms with Crippen molar-refractivity contribution in [2.45, 2.75) is 32.9 Å². The number of rotatable bonds is 7. The molecule has 0 aliphatic rings. The number of hydrogen-bond donors (Lipinski definition) is 1. The van der Waals surface area contributed by atoms with Crippen molar-refractivity contribution in [2.75, 3.05) is 11.5 Å². The maximum atomic E-state index is 4.14. The Morgan fingerprint density at radius 1 is 1.60 bits per heavy atom. The van der Waals surface area contributed by atoms with Crippen molar-refractivity contribution >= 4 is 11.8 Å². The van der Waals surface area contributed by atoms with Crippen LogP contribution >= 0.6 is 11.8 Å². The molecule has 0 saturated heterocycles. The predicted molar refractivity (Wildman–Crippen MR) is 67.1 cm³/mol. The van der Waals surface area contributed by atoms with Crippen LogP contribution in [0.3, 0.4) is 0 Å². The summed E-state index contributed by atoms with van der Waals surface area (Å²) in [6, 6.07) is 2.64. The van der Waals surface area contributed by atoms with Crippen molar-refractivity contribution in [1.82, 2.24) is 15.1 Å². The summed E-state index contributed by atoms with van der Waals surface area (Å²) in [4.78, 5) is 0. The Morgan fingerprint density at radius 2 is 2.40 bits per heavy atom. The van der Waals surface area contributed by atoms with E-state index in [2.05, 4.69) is 30.3 Å². The third-order valence-electron chi connectivity index (χ3n) is 2.45. The molecule has 1 unspecified atom stereocenters. The Bertz CT molecular complexity index is 273. The van der Waals surface area contributed by atoms with Gasteiger partial charge in [0.1, 0.15) is 0 Å². The molecule has 4 heteroatoms. The van der Waals surface area contributed by atoms with Crippen molar-refractivity contribution in [3.8, 4) is 0 Å². The predicted octanol–water partition coefficient (Wildman–Crippen LogP) is 2.04. The second-order valence-corrected chi connectivity index (χ2v) is 5.11. The average molecular weight is 227 g/mol. The van der Waals surface area contributed by atoms with Gasteiger partial charge in [-0.15, -0.1) is 0 Å². The maximum absolute atomic E-state index is 4.14. The molecular formula is C11H21N3S. The second-order valence-electron chi connectivity index (χ2n) is 3.71. The molecule has 1 rings (SSSR count). The van der Waals surface area contributed by atoms with Gasteiger partial charge in [-0.25, -0.2) is 0 Å². The maximum Gasteiger partial charge on any atom is 0.0518 e. The zero-order valence-electron chi connectivity index (χ0n) is 9.86. The van der Waals surface area contributed by atoms with Gasteiger partial charge in [-0.05, 0) is 30.9 Å². The topological polar surface area (TPSA) is 29.9 Å². The number of aromatic nitrogens is 2. The standard InChI is InChI=1S/C11H21N3S/c1-4-15-8-6-10(2)12-9-11-5-7-13-14(11)3/h5,7,10,12H,4,6,8-9H2,1-3H3. The normalized spacial score (nSPS) is 13.0. The molecule has 15 heavy (non-hydrogen) atoms.